The Morgan fingerprint density at radius 2 is 2.00 bits per heavy atom. The fraction of sp³-hybridized carbons (Fsp3) is 0.0833. The molecular weight excluding hydrogens is 304 g/mol. The fourth-order valence-corrected chi connectivity index (χ4v) is 2.00. The number of hydrogen-bond acceptors (Lipinski definition) is 3. The Morgan fingerprint density at radius 3 is 2.71 bits per heavy atom. The van der Waals surface area contributed by atoms with Crippen LogP contribution in [0.25, 0.3) is 0 Å². The molecule has 2 N–H and O–H groups in total. The lowest BCUT2D eigenvalue weighted by atomic mass is 10.2. The van der Waals surface area contributed by atoms with Gasteiger partial charge in [-0.2, -0.15) is 0 Å². The number of pyridine rings is 1. The monoisotopic (exact) mass is 312 g/mol. The van der Waals surface area contributed by atoms with Crippen LogP contribution in [-0.2, 0) is 6.61 Å². The number of nitrogen functional groups attached to an aromatic ring is 1. The second-order valence-corrected chi connectivity index (χ2v) is 4.56. The van der Waals surface area contributed by atoms with Crippen molar-refractivity contribution in [1.29, 1.82) is 0 Å². The van der Waals surface area contributed by atoms with Gasteiger partial charge >= 0.3 is 0 Å². The number of nitrogens with zero attached hydrogens (tertiary/aromatic N) is 1. The predicted octanol–water partition coefficient (Wildman–Crippen LogP) is 3.66. The lowest BCUT2D eigenvalue weighted by Gasteiger charge is -2.10. The van der Waals surface area contributed by atoms with Gasteiger partial charge in [-0.1, -0.05) is 41.9 Å². The van der Waals surface area contributed by atoms with Gasteiger partial charge in [-0.15, -0.1) is 0 Å². The van der Waals surface area contributed by atoms with Crippen LogP contribution in [0.2, 0.25) is 5.15 Å². The van der Waals surface area contributed by atoms with Crippen molar-refractivity contribution in [2.75, 3.05) is 5.73 Å². The van der Waals surface area contributed by atoms with Gasteiger partial charge in [0, 0.05) is 6.07 Å². The average molecular weight is 314 g/mol. The van der Waals surface area contributed by atoms with Gasteiger partial charge in [0.15, 0.2) is 0 Å². The number of benzene rings is 1. The van der Waals surface area contributed by atoms with E-state index in [1.807, 2.05) is 30.3 Å². The van der Waals surface area contributed by atoms with E-state index >= 15 is 0 Å². The lowest BCUT2D eigenvalue weighted by molar-refractivity contribution is 0.307. The molecule has 88 valence electrons. The summed E-state index contributed by atoms with van der Waals surface area (Å²) in [4.78, 5) is 3.97. The smallest absolute Gasteiger partial charge is 0.148 e. The summed E-state index contributed by atoms with van der Waals surface area (Å²) in [5.41, 5.74) is 7.34. The first-order chi connectivity index (χ1) is 8.16. The molecule has 0 radical (unpaired) electrons. The Morgan fingerprint density at radius 1 is 1.29 bits per heavy atom. The molecule has 0 saturated heterocycles. The average Bonchev–Trinajstić information content (AvgIpc) is 2.33. The fourth-order valence-electron chi connectivity index (χ4n) is 1.33. The van der Waals surface area contributed by atoms with Crippen LogP contribution in [-0.4, -0.2) is 4.98 Å². The molecule has 0 aliphatic rings. The summed E-state index contributed by atoms with van der Waals surface area (Å²) in [6, 6.07) is 11.4. The predicted molar refractivity (Wildman–Crippen MR) is 72.1 cm³/mol. The molecule has 1 aromatic carbocycles. The maximum absolute atomic E-state index is 5.83. The van der Waals surface area contributed by atoms with Crippen molar-refractivity contribution in [3.63, 3.8) is 0 Å². The molecule has 2 aromatic rings. The third kappa shape index (κ3) is 3.11. The largest absolute Gasteiger partial charge is 0.487 e. The highest BCUT2D eigenvalue weighted by atomic mass is 79.9. The van der Waals surface area contributed by atoms with Crippen molar-refractivity contribution in [1.82, 2.24) is 4.98 Å². The van der Waals surface area contributed by atoms with Crippen molar-refractivity contribution in [2.24, 2.45) is 0 Å². The summed E-state index contributed by atoms with van der Waals surface area (Å²) in [6.45, 7) is 0.442. The minimum Gasteiger partial charge on any atom is -0.487 e. The van der Waals surface area contributed by atoms with Crippen LogP contribution < -0.4 is 10.5 Å². The molecule has 3 nitrogen and oxygen atoms in total. The van der Waals surface area contributed by atoms with Crippen molar-refractivity contribution in [3.05, 3.63) is 51.7 Å². The van der Waals surface area contributed by atoms with E-state index in [2.05, 4.69) is 20.9 Å². The first-order valence-corrected chi connectivity index (χ1v) is 6.12. The van der Waals surface area contributed by atoms with Crippen molar-refractivity contribution < 1.29 is 4.74 Å². The quantitative estimate of drug-likeness (QED) is 0.880. The first-order valence-electron chi connectivity index (χ1n) is 4.95. The highest BCUT2D eigenvalue weighted by molar-refractivity contribution is 9.10. The van der Waals surface area contributed by atoms with Crippen LogP contribution in [0.3, 0.4) is 0 Å². The molecule has 0 amide bonds. The molecule has 2 rings (SSSR count). The molecule has 0 atom stereocenters. The number of hydrogen-bond donors (Lipinski definition) is 1. The van der Waals surface area contributed by atoms with E-state index < -0.39 is 0 Å². The molecule has 0 fully saturated rings. The van der Waals surface area contributed by atoms with E-state index in [9.17, 15) is 0 Å². The lowest BCUT2D eigenvalue weighted by Crippen LogP contribution is -2.00. The zero-order chi connectivity index (χ0) is 12.3. The zero-order valence-electron chi connectivity index (χ0n) is 8.86. The van der Waals surface area contributed by atoms with Crippen molar-refractivity contribution in [2.45, 2.75) is 6.61 Å². The van der Waals surface area contributed by atoms with E-state index in [1.165, 1.54) is 0 Å². The van der Waals surface area contributed by atoms with Gasteiger partial charge in [0.1, 0.15) is 27.8 Å². The number of halogens is 2. The van der Waals surface area contributed by atoms with Gasteiger partial charge in [-0.3, -0.25) is 0 Å². The van der Waals surface area contributed by atoms with Crippen LogP contribution in [0.15, 0.2) is 41.0 Å². The molecule has 17 heavy (non-hydrogen) atoms. The summed E-state index contributed by atoms with van der Waals surface area (Å²) in [6.07, 6.45) is 0. The van der Waals surface area contributed by atoms with Crippen LogP contribution >= 0.6 is 27.5 Å². The summed E-state index contributed by atoms with van der Waals surface area (Å²) in [5.74, 6) is 0.528. The molecule has 0 unspecified atom stereocenters. The molecule has 5 heteroatoms. The van der Waals surface area contributed by atoms with Crippen LogP contribution in [0.1, 0.15) is 5.56 Å². The maximum Gasteiger partial charge on any atom is 0.148 e. The molecule has 0 saturated carbocycles. The number of nitrogens with two attached hydrogens (primary N) is 1. The van der Waals surface area contributed by atoms with Gasteiger partial charge in [0.2, 0.25) is 0 Å². The van der Waals surface area contributed by atoms with Gasteiger partial charge in [0.25, 0.3) is 0 Å². The minimum absolute atomic E-state index is 0.342. The van der Waals surface area contributed by atoms with E-state index in [0.717, 1.165) is 5.56 Å². The number of rotatable bonds is 3. The van der Waals surface area contributed by atoms with Crippen LogP contribution in [0.4, 0.5) is 5.69 Å². The third-order valence-corrected chi connectivity index (χ3v) is 2.98. The van der Waals surface area contributed by atoms with E-state index in [0.29, 0.717) is 27.8 Å². The van der Waals surface area contributed by atoms with E-state index in [4.69, 9.17) is 22.1 Å². The Labute approximate surface area is 113 Å². The maximum atomic E-state index is 5.83. The molecule has 1 aromatic heterocycles. The van der Waals surface area contributed by atoms with E-state index in [1.54, 1.807) is 6.07 Å². The van der Waals surface area contributed by atoms with Crippen LogP contribution in [0.5, 0.6) is 5.75 Å². The SMILES string of the molecule is Nc1c(OCc2ccccc2)cc(Cl)nc1Br. The summed E-state index contributed by atoms with van der Waals surface area (Å²) in [7, 11) is 0. The van der Waals surface area contributed by atoms with Gasteiger partial charge in [0.05, 0.1) is 0 Å². The summed E-state index contributed by atoms with van der Waals surface area (Å²) < 4.78 is 6.10. The van der Waals surface area contributed by atoms with Gasteiger partial charge in [-0.25, -0.2) is 4.98 Å². The Kier molecular flexibility index (Phi) is 3.86. The molecule has 0 aliphatic heterocycles. The number of anilines is 1. The summed E-state index contributed by atoms with van der Waals surface area (Å²) in [5, 5.41) is 0.342. The van der Waals surface area contributed by atoms with Gasteiger partial charge in [-0.05, 0) is 21.5 Å². The minimum atomic E-state index is 0.342. The Hall–Kier alpha value is -1.26. The van der Waals surface area contributed by atoms with Gasteiger partial charge < -0.3 is 10.5 Å². The highest BCUT2D eigenvalue weighted by Gasteiger charge is 2.08. The first kappa shape index (κ1) is 12.2. The molecule has 0 bridgehead atoms. The van der Waals surface area contributed by atoms with Crippen LogP contribution in [0, 0.1) is 0 Å². The standard InChI is InChI=1S/C12H10BrClN2O/c13-12-11(15)9(6-10(14)16-12)17-7-8-4-2-1-3-5-8/h1-6H,7,15H2. The number of aromatic nitrogens is 1. The zero-order valence-corrected chi connectivity index (χ0v) is 11.2. The third-order valence-electron chi connectivity index (χ3n) is 2.18. The topological polar surface area (TPSA) is 48.1 Å². The second-order valence-electron chi connectivity index (χ2n) is 3.42. The molecule has 0 aliphatic carbocycles. The Bertz CT molecular complexity index is 519. The normalized spacial score (nSPS) is 10.2. The number of ether oxygens (including phenoxy) is 1. The molecule has 0 spiro atoms. The Balaban J connectivity index is 2.14. The highest BCUT2D eigenvalue weighted by Crippen LogP contribution is 2.31. The van der Waals surface area contributed by atoms with Crippen molar-refractivity contribution in [3.8, 4) is 5.75 Å². The van der Waals surface area contributed by atoms with E-state index in [-0.39, 0.29) is 0 Å². The van der Waals surface area contributed by atoms with Crippen molar-refractivity contribution >= 4 is 33.2 Å². The molecule has 1 heterocycles. The summed E-state index contributed by atoms with van der Waals surface area (Å²) >= 11 is 9.05. The second kappa shape index (κ2) is 5.38. The molecular formula is C12H10BrClN2O.